The molecule has 1 atom stereocenters. The number of hydrogen-bond acceptors (Lipinski definition) is 3. The van der Waals surface area contributed by atoms with Crippen LogP contribution in [-0.4, -0.2) is 19.3 Å². The zero-order chi connectivity index (χ0) is 12.0. The fraction of sp³-hybridized carbons (Fsp3) is 0.385. The van der Waals surface area contributed by atoms with Crippen LogP contribution in [0.25, 0.3) is 0 Å². The van der Waals surface area contributed by atoms with Gasteiger partial charge < -0.3 is 14.6 Å². The van der Waals surface area contributed by atoms with Crippen molar-refractivity contribution in [2.75, 3.05) is 14.2 Å². The Labute approximate surface area is 96.0 Å². The molecule has 1 rings (SSSR count). The van der Waals surface area contributed by atoms with Crippen molar-refractivity contribution < 1.29 is 14.6 Å². The van der Waals surface area contributed by atoms with E-state index in [-0.39, 0.29) is 0 Å². The molecule has 1 aromatic rings. The summed E-state index contributed by atoms with van der Waals surface area (Å²) in [6.07, 6.45) is -0.266. The third-order valence-electron chi connectivity index (χ3n) is 2.27. The summed E-state index contributed by atoms with van der Waals surface area (Å²) in [5.74, 6) is 6.93. The van der Waals surface area contributed by atoms with Gasteiger partial charge in [-0.3, -0.25) is 0 Å². The summed E-state index contributed by atoms with van der Waals surface area (Å²) in [6.45, 7) is 1.75. The third-order valence-corrected chi connectivity index (χ3v) is 2.27. The Morgan fingerprint density at radius 1 is 1.31 bits per heavy atom. The minimum Gasteiger partial charge on any atom is -0.497 e. The van der Waals surface area contributed by atoms with Crippen molar-refractivity contribution in [2.24, 2.45) is 0 Å². The topological polar surface area (TPSA) is 38.7 Å². The van der Waals surface area contributed by atoms with Gasteiger partial charge in [-0.2, -0.15) is 0 Å². The van der Waals surface area contributed by atoms with Gasteiger partial charge in [0, 0.05) is 12.0 Å². The quantitative estimate of drug-likeness (QED) is 0.790. The predicted octanol–water partition coefficient (Wildman–Crippen LogP) is 2.15. The summed E-state index contributed by atoms with van der Waals surface area (Å²) >= 11 is 0. The fourth-order valence-corrected chi connectivity index (χ4v) is 1.41. The van der Waals surface area contributed by atoms with E-state index in [4.69, 9.17) is 9.47 Å². The van der Waals surface area contributed by atoms with Crippen LogP contribution in [0, 0.1) is 11.8 Å². The van der Waals surface area contributed by atoms with Gasteiger partial charge >= 0.3 is 0 Å². The molecule has 0 aliphatic heterocycles. The lowest BCUT2D eigenvalue weighted by atomic mass is 10.1. The van der Waals surface area contributed by atoms with Crippen LogP contribution in [0.1, 0.15) is 25.0 Å². The maximum absolute atomic E-state index is 9.95. The van der Waals surface area contributed by atoms with E-state index in [1.54, 1.807) is 39.3 Å². The minimum atomic E-state index is -0.655. The first kappa shape index (κ1) is 12.4. The molecule has 0 aliphatic carbocycles. The van der Waals surface area contributed by atoms with E-state index in [1.807, 2.05) is 0 Å². The van der Waals surface area contributed by atoms with Crippen LogP contribution in [0.4, 0.5) is 0 Å². The highest BCUT2D eigenvalue weighted by Gasteiger charge is 2.13. The number of benzene rings is 1. The summed E-state index contributed by atoms with van der Waals surface area (Å²) in [6, 6.07) is 5.33. The predicted molar refractivity (Wildman–Crippen MR) is 62.6 cm³/mol. The van der Waals surface area contributed by atoms with Gasteiger partial charge in [-0.25, -0.2) is 0 Å². The lowest BCUT2D eigenvalue weighted by Crippen LogP contribution is -2.00. The Morgan fingerprint density at radius 2 is 2.06 bits per heavy atom. The number of aliphatic hydroxyl groups is 1. The Hall–Kier alpha value is -1.66. The Morgan fingerprint density at radius 3 is 2.62 bits per heavy atom. The highest BCUT2D eigenvalue weighted by molar-refractivity contribution is 5.42. The largest absolute Gasteiger partial charge is 0.497 e. The van der Waals surface area contributed by atoms with Gasteiger partial charge in [0.05, 0.1) is 20.3 Å². The van der Waals surface area contributed by atoms with Gasteiger partial charge in [-0.1, -0.05) is 0 Å². The summed E-state index contributed by atoms with van der Waals surface area (Å²) in [5, 5.41) is 9.95. The Kier molecular flexibility index (Phi) is 4.68. The number of rotatable bonds is 4. The van der Waals surface area contributed by atoms with Crippen molar-refractivity contribution in [2.45, 2.75) is 19.4 Å². The van der Waals surface area contributed by atoms with E-state index >= 15 is 0 Å². The summed E-state index contributed by atoms with van der Waals surface area (Å²) in [5.41, 5.74) is 0.699. The van der Waals surface area contributed by atoms with Gasteiger partial charge in [0.15, 0.2) is 0 Å². The molecule has 3 heteroatoms. The van der Waals surface area contributed by atoms with E-state index < -0.39 is 6.10 Å². The molecule has 0 saturated heterocycles. The molecule has 16 heavy (non-hydrogen) atoms. The molecule has 1 unspecified atom stereocenters. The molecular formula is C13H16O3. The first-order valence-corrected chi connectivity index (χ1v) is 5.02. The Balaban J connectivity index is 3.01. The zero-order valence-electron chi connectivity index (χ0n) is 9.78. The van der Waals surface area contributed by atoms with Crippen molar-refractivity contribution in [1.29, 1.82) is 0 Å². The van der Waals surface area contributed by atoms with Crippen molar-refractivity contribution in [1.82, 2.24) is 0 Å². The molecule has 0 amide bonds. The van der Waals surface area contributed by atoms with Crippen LogP contribution >= 0.6 is 0 Å². The highest BCUT2D eigenvalue weighted by atomic mass is 16.5. The van der Waals surface area contributed by atoms with Crippen LogP contribution < -0.4 is 9.47 Å². The molecule has 3 nitrogen and oxygen atoms in total. The summed E-state index contributed by atoms with van der Waals surface area (Å²) in [7, 11) is 3.16. The standard InChI is InChI=1S/C13H16O3/c1-4-5-6-12(14)11-9-10(15-2)7-8-13(11)16-3/h7-9,12,14H,6H2,1-3H3. The molecule has 0 saturated carbocycles. The molecular weight excluding hydrogens is 204 g/mol. The third kappa shape index (κ3) is 2.91. The fourth-order valence-electron chi connectivity index (χ4n) is 1.41. The number of methoxy groups -OCH3 is 2. The molecule has 1 aromatic carbocycles. The highest BCUT2D eigenvalue weighted by Crippen LogP contribution is 2.30. The number of aliphatic hydroxyl groups excluding tert-OH is 1. The van der Waals surface area contributed by atoms with E-state index in [9.17, 15) is 5.11 Å². The first-order valence-electron chi connectivity index (χ1n) is 5.02. The molecule has 1 N–H and O–H groups in total. The van der Waals surface area contributed by atoms with Crippen molar-refractivity contribution in [3.8, 4) is 23.3 Å². The maximum Gasteiger partial charge on any atom is 0.124 e. The van der Waals surface area contributed by atoms with Crippen LogP contribution in [0.3, 0.4) is 0 Å². The van der Waals surface area contributed by atoms with Crippen LogP contribution in [-0.2, 0) is 0 Å². The monoisotopic (exact) mass is 220 g/mol. The molecule has 0 aromatic heterocycles. The summed E-state index contributed by atoms with van der Waals surface area (Å²) < 4.78 is 10.3. The van der Waals surface area contributed by atoms with Crippen molar-refractivity contribution in [3.05, 3.63) is 23.8 Å². The molecule has 0 radical (unpaired) electrons. The summed E-state index contributed by atoms with van der Waals surface area (Å²) in [4.78, 5) is 0. The van der Waals surface area contributed by atoms with E-state index in [2.05, 4.69) is 11.8 Å². The Bertz CT molecular complexity index is 401. The van der Waals surface area contributed by atoms with E-state index in [1.165, 1.54) is 0 Å². The molecule has 0 bridgehead atoms. The molecule has 0 spiro atoms. The van der Waals surface area contributed by atoms with Crippen LogP contribution in [0.15, 0.2) is 18.2 Å². The SMILES string of the molecule is CC#CCC(O)c1cc(OC)ccc1OC. The van der Waals surface area contributed by atoms with Gasteiger partial charge in [0.1, 0.15) is 11.5 Å². The van der Waals surface area contributed by atoms with Crippen LogP contribution in [0.5, 0.6) is 11.5 Å². The van der Waals surface area contributed by atoms with Gasteiger partial charge in [0.2, 0.25) is 0 Å². The lowest BCUT2D eigenvalue weighted by molar-refractivity contribution is 0.179. The zero-order valence-corrected chi connectivity index (χ0v) is 9.78. The normalized spacial score (nSPS) is 11.2. The van der Waals surface area contributed by atoms with E-state index in [0.29, 0.717) is 23.5 Å². The average molecular weight is 220 g/mol. The van der Waals surface area contributed by atoms with Gasteiger partial charge in [0.25, 0.3) is 0 Å². The average Bonchev–Trinajstić information content (AvgIpc) is 2.35. The van der Waals surface area contributed by atoms with E-state index in [0.717, 1.165) is 0 Å². The second-order valence-electron chi connectivity index (χ2n) is 3.25. The first-order chi connectivity index (χ1) is 7.72. The van der Waals surface area contributed by atoms with Gasteiger partial charge in [-0.05, 0) is 25.1 Å². The smallest absolute Gasteiger partial charge is 0.124 e. The lowest BCUT2D eigenvalue weighted by Gasteiger charge is -2.13. The molecule has 0 fully saturated rings. The van der Waals surface area contributed by atoms with Gasteiger partial charge in [-0.15, -0.1) is 11.8 Å². The van der Waals surface area contributed by atoms with Crippen molar-refractivity contribution in [3.63, 3.8) is 0 Å². The van der Waals surface area contributed by atoms with Crippen LogP contribution in [0.2, 0.25) is 0 Å². The maximum atomic E-state index is 9.95. The second-order valence-corrected chi connectivity index (χ2v) is 3.25. The second kappa shape index (κ2) is 6.04. The number of hydrogen-bond donors (Lipinski definition) is 1. The molecule has 0 heterocycles. The number of ether oxygens (including phenoxy) is 2. The van der Waals surface area contributed by atoms with Crippen molar-refractivity contribution >= 4 is 0 Å². The molecule has 86 valence electrons. The minimum absolute atomic E-state index is 0.389. The molecule has 0 aliphatic rings.